The van der Waals surface area contributed by atoms with Crippen LogP contribution in [-0.4, -0.2) is 9.13 Å². The zero-order chi connectivity index (χ0) is 68.6. The van der Waals surface area contributed by atoms with Crippen molar-refractivity contribution in [1.29, 1.82) is 0 Å². The summed E-state index contributed by atoms with van der Waals surface area (Å²) in [5.41, 5.74) is 26.3. The lowest BCUT2D eigenvalue weighted by Gasteiger charge is -2.28. The highest BCUT2D eigenvalue weighted by Crippen LogP contribution is 2.45. The van der Waals surface area contributed by atoms with Gasteiger partial charge in [-0.3, -0.25) is 0 Å². The topological polar surface area (TPSA) is 39.4 Å². The van der Waals surface area contributed by atoms with Crippen LogP contribution in [0.5, 0.6) is 0 Å². The van der Waals surface area contributed by atoms with E-state index in [0.29, 0.717) is 0 Å². The van der Waals surface area contributed by atoms with Crippen LogP contribution in [0.3, 0.4) is 0 Å². The van der Waals surface area contributed by atoms with Crippen LogP contribution < -0.4 is 4.90 Å². The van der Waals surface area contributed by atoms with Gasteiger partial charge in [0.15, 0.2) is 0 Å². The van der Waals surface area contributed by atoms with Crippen LogP contribution in [0.15, 0.2) is 402 Å². The number of para-hydroxylation sites is 7. The molecule has 0 aliphatic heterocycles. The summed E-state index contributed by atoms with van der Waals surface area (Å²) >= 11 is 3.56. The van der Waals surface area contributed by atoms with Gasteiger partial charge in [-0.05, 0) is 166 Å². The number of anilines is 3. The van der Waals surface area contributed by atoms with E-state index in [-0.39, 0.29) is 7.43 Å². The van der Waals surface area contributed by atoms with Crippen molar-refractivity contribution in [3.05, 3.63) is 404 Å². The molecule has 0 saturated heterocycles. The van der Waals surface area contributed by atoms with Gasteiger partial charge >= 0.3 is 0 Å². The average molecular weight is 1400 g/mol. The van der Waals surface area contributed by atoms with E-state index in [0.717, 1.165) is 83.4 Å². The fraction of sp³-hybridized carbons (Fsp3) is 0.0204. The second-order valence-corrected chi connectivity index (χ2v) is 26.9. The van der Waals surface area contributed by atoms with Crippen molar-refractivity contribution in [3.63, 3.8) is 0 Å². The molecule has 0 bridgehead atoms. The zero-order valence-electron chi connectivity index (χ0n) is 56.2. The number of hydrogen-bond acceptors (Lipinski definition) is 3. The van der Waals surface area contributed by atoms with Gasteiger partial charge in [-0.2, -0.15) is 0 Å². The summed E-state index contributed by atoms with van der Waals surface area (Å²) in [6.45, 7) is 0. The Labute approximate surface area is 612 Å². The van der Waals surface area contributed by atoms with Crippen molar-refractivity contribution in [2.75, 3.05) is 4.90 Å². The predicted octanol–water partition coefficient (Wildman–Crippen LogP) is 28.2. The Morgan fingerprint density at radius 3 is 1.19 bits per heavy atom. The highest BCUT2D eigenvalue weighted by molar-refractivity contribution is 9.10. The van der Waals surface area contributed by atoms with E-state index in [1.165, 1.54) is 99.0 Å². The Morgan fingerprint density at radius 1 is 0.260 bits per heavy atom. The minimum Gasteiger partial charge on any atom is -0.456 e. The number of rotatable bonds is 11. The number of hydrogen-bond donors (Lipinski definition) is 0. The molecule has 0 spiro atoms. The molecule has 496 valence electrons. The molecule has 20 rings (SSSR count). The molecule has 0 amide bonds. The van der Waals surface area contributed by atoms with Crippen molar-refractivity contribution < 1.29 is 8.83 Å². The largest absolute Gasteiger partial charge is 0.456 e. The van der Waals surface area contributed by atoms with Gasteiger partial charge < -0.3 is 22.9 Å². The minimum absolute atomic E-state index is 0. The van der Waals surface area contributed by atoms with E-state index in [2.05, 4.69) is 394 Å². The Kier molecular flexibility index (Phi) is 17.5. The van der Waals surface area contributed by atoms with Gasteiger partial charge in [-0.15, -0.1) is 0 Å². The molecule has 0 N–H and O–H groups in total. The monoisotopic (exact) mass is 1400 g/mol. The molecule has 0 aliphatic rings. The lowest BCUT2D eigenvalue weighted by molar-refractivity contribution is 0.668. The SMILES string of the molecule is Brc1cccc(-c2ccc(-n3c4ccccc4c4ccccc43)cc2)c1.C.c1ccc(-c2ccccc2Cc2ccc3c(c2)oc2ccccc23)cc1.c1ccc(-c2ccccc2N(c2cccc(-c3ccc(-n4c5ccccc5c5ccccc54)cc3)c2)c2ccc3c(c2)oc2ccccc23)cc1. The first-order valence-electron chi connectivity index (χ1n) is 34.9. The van der Waals surface area contributed by atoms with Gasteiger partial charge in [0.2, 0.25) is 0 Å². The summed E-state index contributed by atoms with van der Waals surface area (Å²) in [7, 11) is 0. The predicted molar refractivity (Wildman–Crippen MR) is 443 cm³/mol. The maximum Gasteiger partial charge on any atom is 0.137 e. The first-order valence-corrected chi connectivity index (χ1v) is 35.7. The number of aromatic nitrogens is 2. The van der Waals surface area contributed by atoms with Crippen LogP contribution in [0.1, 0.15) is 18.6 Å². The van der Waals surface area contributed by atoms with Gasteiger partial charge in [-0.1, -0.05) is 296 Å². The highest BCUT2D eigenvalue weighted by atomic mass is 79.9. The molecular weight excluding hydrogens is 1330 g/mol. The van der Waals surface area contributed by atoms with E-state index in [4.69, 9.17) is 8.83 Å². The second kappa shape index (κ2) is 28.2. The molecule has 4 heterocycles. The van der Waals surface area contributed by atoms with E-state index in [1.54, 1.807) is 0 Å². The van der Waals surface area contributed by atoms with Gasteiger partial charge in [0, 0.05) is 81.9 Å². The molecule has 0 unspecified atom stereocenters. The third-order valence-electron chi connectivity index (χ3n) is 19.8. The molecule has 5 nitrogen and oxygen atoms in total. The molecule has 20 aromatic rings. The van der Waals surface area contributed by atoms with Crippen LogP contribution >= 0.6 is 15.9 Å². The molecule has 6 heteroatoms. The molecule has 4 aromatic heterocycles. The number of nitrogens with zero attached hydrogens (tertiary/aromatic N) is 3. The van der Waals surface area contributed by atoms with Crippen molar-refractivity contribution >= 4 is 120 Å². The standard InChI is InChI=1S/C48H32N2O.C25H18O.C24H16BrN.CH4/c1-2-13-34(14-3-1)39-17-4-8-21-44(39)49(38-29-30-43-42-20-7-11-24-47(42)51-48(43)32-38)37-16-12-15-35(31-37)33-25-27-36(28-26-33)50-45-22-9-5-18-40(45)41-19-6-10-23-46(41)50;1-2-8-19(9-3-1)21-11-5-4-10-20(21)16-18-14-15-23-22-12-6-7-13-24(22)26-25(23)17-18;25-19-7-5-6-18(16-19)17-12-14-20(15-13-17)26-23-10-3-1-8-21(23)22-9-2-4-11-24(22)26;/h1-32H;1-15,17H,16H2;1-16H;1H4. The van der Waals surface area contributed by atoms with Gasteiger partial charge in [0.25, 0.3) is 0 Å². The van der Waals surface area contributed by atoms with Crippen LogP contribution in [0.2, 0.25) is 0 Å². The normalized spacial score (nSPS) is 11.3. The Hall–Kier alpha value is -13.0. The van der Waals surface area contributed by atoms with Gasteiger partial charge in [-0.25, -0.2) is 0 Å². The summed E-state index contributed by atoms with van der Waals surface area (Å²) in [5.74, 6) is 0. The molecule has 0 atom stereocenters. The van der Waals surface area contributed by atoms with Crippen molar-refractivity contribution in [3.8, 4) is 55.9 Å². The molecule has 0 saturated carbocycles. The van der Waals surface area contributed by atoms with E-state index in [1.807, 2.05) is 24.3 Å². The lowest BCUT2D eigenvalue weighted by Crippen LogP contribution is -2.11. The van der Waals surface area contributed by atoms with Crippen LogP contribution in [0.4, 0.5) is 17.1 Å². The Morgan fingerprint density at radius 2 is 0.654 bits per heavy atom. The molecule has 16 aromatic carbocycles. The smallest absolute Gasteiger partial charge is 0.137 e. The van der Waals surface area contributed by atoms with E-state index < -0.39 is 0 Å². The maximum absolute atomic E-state index is 6.39. The lowest BCUT2D eigenvalue weighted by atomic mass is 9.95. The van der Waals surface area contributed by atoms with Crippen molar-refractivity contribution in [2.45, 2.75) is 13.8 Å². The summed E-state index contributed by atoms with van der Waals surface area (Å²) < 4.78 is 18.2. The van der Waals surface area contributed by atoms with Gasteiger partial charge in [0.1, 0.15) is 22.3 Å². The Balaban J connectivity index is 0.000000127. The average Bonchev–Trinajstić information content (AvgIpc) is 1.58. The minimum atomic E-state index is 0. The quantitative estimate of drug-likeness (QED) is 0.130. The molecule has 0 radical (unpaired) electrons. The number of halogens is 1. The molecule has 0 fully saturated rings. The van der Waals surface area contributed by atoms with E-state index in [9.17, 15) is 0 Å². The highest BCUT2D eigenvalue weighted by Gasteiger charge is 2.21. The molecular formula is C98H70BrN3O2. The summed E-state index contributed by atoms with van der Waals surface area (Å²) in [5, 5.41) is 9.71. The number of benzene rings is 16. The fourth-order valence-electron chi connectivity index (χ4n) is 15.0. The van der Waals surface area contributed by atoms with Crippen LogP contribution in [0, 0.1) is 0 Å². The third-order valence-corrected chi connectivity index (χ3v) is 20.3. The van der Waals surface area contributed by atoms with Crippen molar-refractivity contribution in [2.24, 2.45) is 0 Å². The maximum atomic E-state index is 6.39. The third kappa shape index (κ3) is 12.3. The molecule has 0 aliphatic carbocycles. The summed E-state index contributed by atoms with van der Waals surface area (Å²) in [6, 6.07) is 138. The van der Waals surface area contributed by atoms with Crippen LogP contribution in [0.25, 0.3) is 143 Å². The van der Waals surface area contributed by atoms with E-state index >= 15 is 0 Å². The molecule has 104 heavy (non-hydrogen) atoms. The van der Waals surface area contributed by atoms with Gasteiger partial charge in [0.05, 0.1) is 27.8 Å². The summed E-state index contributed by atoms with van der Waals surface area (Å²) in [4.78, 5) is 2.35. The summed E-state index contributed by atoms with van der Waals surface area (Å²) in [6.07, 6.45) is 0.887. The fourth-order valence-corrected chi connectivity index (χ4v) is 15.4. The second-order valence-electron chi connectivity index (χ2n) is 26.0. The van der Waals surface area contributed by atoms with Crippen LogP contribution in [-0.2, 0) is 6.42 Å². The number of furan rings is 2. The Bertz CT molecular complexity index is 6370. The van der Waals surface area contributed by atoms with Crippen molar-refractivity contribution in [1.82, 2.24) is 9.13 Å². The first kappa shape index (κ1) is 64.4. The number of fused-ring (bicyclic) bond motifs is 12. The first-order chi connectivity index (χ1) is 51.0. The zero-order valence-corrected chi connectivity index (χ0v) is 57.8.